The molecule has 3 heterocycles. The number of rotatable bonds is 4. The van der Waals surface area contributed by atoms with E-state index in [0.717, 1.165) is 12.0 Å². The maximum absolute atomic E-state index is 13.0. The molecule has 1 saturated heterocycles. The number of carbonyl (C=O) groups excluding carboxylic acids is 1. The summed E-state index contributed by atoms with van der Waals surface area (Å²) >= 11 is 0. The van der Waals surface area contributed by atoms with Gasteiger partial charge in [-0.05, 0) is 36.6 Å². The monoisotopic (exact) mass is 431 g/mol. The average Bonchev–Trinajstić information content (AvgIpc) is 3.33. The van der Waals surface area contributed by atoms with Gasteiger partial charge >= 0.3 is 0 Å². The number of sulfonamides is 1. The zero-order chi connectivity index (χ0) is 21.6. The highest BCUT2D eigenvalue weighted by Gasteiger charge is 2.31. The molecule has 1 unspecified atom stereocenters. The molecule has 1 aromatic carbocycles. The number of aromatic amines is 1. The first-order chi connectivity index (χ1) is 14.1. The average molecular weight is 432 g/mol. The molecule has 0 radical (unpaired) electrons. The number of benzene rings is 1. The van der Waals surface area contributed by atoms with Crippen molar-refractivity contribution in [3.8, 4) is 0 Å². The van der Waals surface area contributed by atoms with Crippen molar-refractivity contribution in [1.82, 2.24) is 14.9 Å². The number of likely N-dealkylation sites (tertiary alicyclic amines) is 1. The van der Waals surface area contributed by atoms with Gasteiger partial charge in [0.2, 0.25) is 16.0 Å². The molecule has 0 spiro atoms. The minimum absolute atomic E-state index is 0.00473. The van der Waals surface area contributed by atoms with Crippen LogP contribution in [0.5, 0.6) is 0 Å². The molecule has 0 bridgehead atoms. The van der Waals surface area contributed by atoms with E-state index in [1.807, 2.05) is 14.1 Å². The number of hydrogen-bond donors (Lipinski definition) is 1. The number of amides is 1. The first kappa shape index (κ1) is 20.4. The van der Waals surface area contributed by atoms with Gasteiger partial charge in [0.1, 0.15) is 0 Å². The summed E-state index contributed by atoms with van der Waals surface area (Å²) in [7, 11) is 0.305. The molecule has 1 aromatic heterocycles. The normalized spacial score (nSPS) is 18.6. The number of anilines is 2. The molecular weight excluding hydrogens is 406 g/mol. The second-order valence-corrected chi connectivity index (χ2v) is 9.96. The maximum Gasteiger partial charge on any atom is 0.253 e. The van der Waals surface area contributed by atoms with Gasteiger partial charge in [-0.3, -0.25) is 18.9 Å². The first-order valence-electron chi connectivity index (χ1n) is 9.82. The Bertz CT molecular complexity index is 1160. The Balaban J connectivity index is 1.52. The summed E-state index contributed by atoms with van der Waals surface area (Å²) < 4.78 is 25.2. The fourth-order valence-corrected chi connectivity index (χ4v) is 5.06. The number of nitrogens with one attached hydrogen (secondary N) is 1. The molecule has 30 heavy (non-hydrogen) atoms. The second-order valence-electron chi connectivity index (χ2n) is 8.05. The van der Waals surface area contributed by atoms with Crippen LogP contribution < -0.4 is 14.8 Å². The van der Waals surface area contributed by atoms with Crippen molar-refractivity contribution < 1.29 is 13.2 Å². The number of carbonyl (C=O) groups is 1. The van der Waals surface area contributed by atoms with E-state index >= 15 is 0 Å². The van der Waals surface area contributed by atoms with Crippen LogP contribution in [0, 0.1) is 0 Å². The summed E-state index contributed by atoms with van der Waals surface area (Å²) in [6, 6.07) is 6.70. The van der Waals surface area contributed by atoms with E-state index < -0.39 is 10.0 Å². The molecule has 9 nitrogen and oxygen atoms in total. The van der Waals surface area contributed by atoms with Crippen molar-refractivity contribution in [3.05, 3.63) is 51.4 Å². The summed E-state index contributed by atoms with van der Waals surface area (Å²) in [5, 5.41) is 0. The number of aromatic nitrogens is 2. The van der Waals surface area contributed by atoms with Crippen LogP contribution in [0.4, 0.5) is 11.6 Å². The summed E-state index contributed by atoms with van der Waals surface area (Å²) in [6.07, 6.45) is 2.52. The van der Waals surface area contributed by atoms with Crippen LogP contribution >= 0.6 is 0 Å². The van der Waals surface area contributed by atoms with E-state index in [0.29, 0.717) is 48.9 Å². The fourth-order valence-electron chi connectivity index (χ4n) is 4.10. The van der Waals surface area contributed by atoms with Gasteiger partial charge in [0.15, 0.2) is 0 Å². The highest BCUT2D eigenvalue weighted by molar-refractivity contribution is 7.92. The van der Waals surface area contributed by atoms with Gasteiger partial charge in [-0.15, -0.1) is 0 Å². The lowest BCUT2D eigenvalue weighted by Crippen LogP contribution is -2.29. The molecule has 2 aliphatic heterocycles. The highest BCUT2D eigenvalue weighted by atomic mass is 32.2. The highest BCUT2D eigenvalue weighted by Crippen LogP contribution is 2.32. The quantitative estimate of drug-likeness (QED) is 0.767. The van der Waals surface area contributed by atoms with Gasteiger partial charge in [0, 0.05) is 51.3 Å². The summed E-state index contributed by atoms with van der Waals surface area (Å²) in [5.41, 5.74) is 2.56. The maximum atomic E-state index is 13.0. The lowest BCUT2D eigenvalue weighted by Gasteiger charge is -2.19. The van der Waals surface area contributed by atoms with Gasteiger partial charge < -0.3 is 9.80 Å². The van der Waals surface area contributed by atoms with Crippen molar-refractivity contribution in [1.29, 1.82) is 0 Å². The van der Waals surface area contributed by atoms with Crippen molar-refractivity contribution in [2.45, 2.75) is 18.8 Å². The van der Waals surface area contributed by atoms with Crippen LogP contribution in [0.2, 0.25) is 0 Å². The van der Waals surface area contributed by atoms with E-state index in [4.69, 9.17) is 0 Å². The largest absolute Gasteiger partial charge is 0.348 e. The van der Waals surface area contributed by atoms with Gasteiger partial charge in [-0.1, -0.05) is 0 Å². The Morgan fingerprint density at radius 2 is 2.00 bits per heavy atom. The SMILES string of the molecule is CN(C)c1nc(C2CCN(C(=O)c3ccc4c(c3)CCN4S(C)(=O)=O)C2)cc(=O)[nH]1. The minimum atomic E-state index is -3.32. The van der Waals surface area contributed by atoms with Crippen molar-refractivity contribution in [2.24, 2.45) is 0 Å². The molecule has 4 rings (SSSR count). The molecule has 1 atom stereocenters. The van der Waals surface area contributed by atoms with E-state index in [2.05, 4.69) is 9.97 Å². The number of H-pyrrole nitrogens is 1. The standard InChI is InChI=1S/C20H25N5O4S/c1-23(2)20-21-16(11-18(26)22-20)15-6-8-24(12-15)19(27)14-4-5-17-13(10-14)7-9-25(17)30(3,28)29/h4-5,10-11,15H,6-9,12H2,1-3H3,(H,21,22,26). The van der Waals surface area contributed by atoms with E-state index in [1.54, 1.807) is 28.0 Å². The molecule has 1 amide bonds. The lowest BCUT2D eigenvalue weighted by atomic mass is 10.0. The smallest absolute Gasteiger partial charge is 0.253 e. The van der Waals surface area contributed by atoms with E-state index in [9.17, 15) is 18.0 Å². The zero-order valence-electron chi connectivity index (χ0n) is 17.3. The predicted molar refractivity (Wildman–Crippen MR) is 115 cm³/mol. The first-order valence-corrected chi connectivity index (χ1v) is 11.7. The molecular formula is C20H25N5O4S. The Hall–Kier alpha value is -2.88. The molecule has 2 aromatic rings. The van der Waals surface area contributed by atoms with Gasteiger partial charge in [-0.2, -0.15) is 0 Å². The molecule has 160 valence electrons. The van der Waals surface area contributed by atoms with Crippen molar-refractivity contribution in [2.75, 3.05) is 49.2 Å². The van der Waals surface area contributed by atoms with Crippen LogP contribution in [-0.2, 0) is 16.4 Å². The van der Waals surface area contributed by atoms with Crippen LogP contribution in [0.15, 0.2) is 29.1 Å². The fraction of sp³-hybridized carbons (Fsp3) is 0.450. The van der Waals surface area contributed by atoms with Crippen LogP contribution in [0.25, 0.3) is 0 Å². The van der Waals surface area contributed by atoms with Crippen molar-refractivity contribution >= 4 is 27.6 Å². The molecule has 2 aliphatic rings. The summed E-state index contributed by atoms with van der Waals surface area (Å²) in [4.78, 5) is 35.8. The third-order valence-electron chi connectivity index (χ3n) is 5.65. The molecule has 1 N–H and O–H groups in total. The van der Waals surface area contributed by atoms with E-state index in [1.165, 1.54) is 16.6 Å². The molecule has 1 fully saturated rings. The topological polar surface area (TPSA) is 107 Å². The number of nitrogens with zero attached hydrogens (tertiary/aromatic N) is 4. The summed E-state index contributed by atoms with van der Waals surface area (Å²) in [5.74, 6) is 0.414. The third kappa shape index (κ3) is 3.79. The summed E-state index contributed by atoms with van der Waals surface area (Å²) in [6.45, 7) is 1.48. The number of fused-ring (bicyclic) bond motifs is 1. The van der Waals surface area contributed by atoms with Crippen LogP contribution in [-0.4, -0.2) is 69.2 Å². The Labute approximate surface area is 175 Å². The minimum Gasteiger partial charge on any atom is -0.348 e. The van der Waals surface area contributed by atoms with Crippen LogP contribution in [0.1, 0.15) is 34.0 Å². The molecule has 10 heteroatoms. The van der Waals surface area contributed by atoms with Gasteiger partial charge in [-0.25, -0.2) is 13.4 Å². The van der Waals surface area contributed by atoms with Crippen LogP contribution in [0.3, 0.4) is 0 Å². The van der Waals surface area contributed by atoms with Gasteiger partial charge in [0.05, 0.1) is 17.6 Å². The molecule has 0 aliphatic carbocycles. The third-order valence-corrected chi connectivity index (χ3v) is 6.83. The number of hydrogen-bond acceptors (Lipinski definition) is 6. The predicted octanol–water partition coefficient (Wildman–Crippen LogP) is 0.788. The Morgan fingerprint density at radius 1 is 1.23 bits per heavy atom. The Morgan fingerprint density at radius 3 is 2.70 bits per heavy atom. The van der Waals surface area contributed by atoms with Crippen molar-refractivity contribution in [3.63, 3.8) is 0 Å². The molecule has 0 saturated carbocycles. The van der Waals surface area contributed by atoms with E-state index in [-0.39, 0.29) is 17.4 Å². The Kier molecular flexibility index (Phi) is 5.05. The van der Waals surface area contributed by atoms with Gasteiger partial charge in [0.25, 0.3) is 11.5 Å². The lowest BCUT2D eigenvalue weighted by molar-refractivity contribution is 0.0790. The zero-order valence-corrected chi connectivity index (χ0v) is 18.1. The second kappa shape index (κ2) is 7.42.